The van der Waals surface area contributed by atoms with E-state index < -0.39 is 33.9 Å². The number of rotatable bonds is 2. The Morgan fingerprint density at radius 1 is 1.16 bits per heavy atom. The predicted molar refractivity (Wildman–Crippen MR) is 83.7 cm³/mol. The highest BCUT2D eigenvalue weighted by Gasteiger charge is 2.32. The van der Waals surface area contributed by atoms with Gasteiger partial charge in [-0.25, -0.2) is 4.39 Å². The van der Waals surface area contributed by atoms with Crippen LogP contribution in [-0.2, 0) is 19.1 Å². The van der Waals surface area contributed by atoms with Crippen molar-refractivity contribution in [2.75, 3.05) is 17.2 Å². The third kappa shape index (κ3) is 3.09. The van der Waals surface area contributed by atoms with Gasteiger partial charge in [-0.1, -0.05) is 6.07 Å². The Kier molecular flexibility index (Phi) is 4.02. The smallest absolute Gasteiger partial charge is 0.391 e. The minimum atomic E-state index is -4.41. The summed E-state index contributed by atoms with van der Waals surface area (Å²) in [6, 6.07) is 5.85. The lowest BCUT2D eigenvalue weighted by Crippen LogP contribution is -2.31. The van der Waals surface area contributed by atoms with Gasteiger partial charge in [-0.05, 0) is 35.7 Å². The molecule has 0 saturated heterocycles. The molecule has 3 rings (SSSR count). The van der Waals surface area contributed by atoms with Gasteiger partial charge in [0.1, 0.15) is 5.69 Å². The van der Waals surface area contributed by atoms with E-state index in [2.05, 4.69) is 0 Å². The zero-order valence-electron chi connectivity index (χ0n) is 12.8. The first-order chi connectivity index (χ1) is 11.7. The summed E-state index contributed by atoms with van der Waals surface area (Å²) in [5.41, 5.74) is 4.99. The topological polar surface area (TPSA) is 72.4 Å². The minimum absolute atomic E-state index is 0.0913. The van der Waals surface area contributed by atoms with Gasteiger partial charge < -0.3 is 10.6 Å². The van der Waals surface area contributed by atoms with Crippen LogP contribution in [0.4, 0.5) is 34.6 Å². The Bertz CT molecular complexity index is 852. The lowest BCUT2D eigenvalue weighted by atomic mass is 9.96. The highest BCUT2D eigenvalue weighted by atomic mass is 19.4. The summed E-state index contributed by atoms with van der Waals surface area (Å²) in [6.45, 7) is 0.476. The van der Waals surface area contributed by atoms with E-state index in [0.717, 1.165) is 18.2 Å². The zero-order valence-corrected chi connectivity index (χ0v) is 12.8. The van der Waals surface area contributed by atoms with E-state index in [1.807, 2.05) is 0 Å². The van der Waals surface area contributed by atoms with Crippen LogP contribution in [0.15, 0.2) is 30.3 Å². The molecule has 0 amide bonds. The molecule has 0 bridgehead atoms. The monoisotopic (exact) mass is 355 g/mol. The highest BCUT2D eigenvalue weighted by Crippen LogP contribution is 2.36. The maximum Gasteiger partial charge on any atom is 0.416 e. The summed E-state index contributed by atoms with van der Waals surface area (Å²) in [4.78, 5) is 11.6. The molecular weight excluding hydrogens is 342 g/mol. The van der Waals surface area contributed by atoms with Crippen molar-refractivity contribution in [1.82, 2.24) is 0 Å². The summed E-state index contributed by atoms with van der Waals surface area (Å²) in [5, 5.41) is 10.8. The Morgan fingerprint density at radius 3 is 2.52 bits per heavy atom. The SMILES string of the molecule is Nc1c([N+](=O)[O-])ccc(N2CCc3cc(C(F)(F)F)ccc3C2)c1F. The molecule has 1 heterocycles. The second-order valence-electron chi connectivity index (χ2n) is 5.74. The maximum atomic E-state index is 14.4. The third-order valence-electron chi connectivity index (χ3n) is 4.22. The maximum absolute atomic E-state index is 14.4. The summed E-state index contributed by atoms with van der Waals surface area (Å²) < 4.78 is 52.7. The predicted octanol–water partition coefficient (Wildman–Crippen LogP) is 3.90. The standard InChI is InChI=1S/C16H13F4N3O2/c17-14-12(3-4-13(15(14)21)23(24)25)22-6-5-9-7-11(16(18,19)20)2-1-10(9)8-22/h1-4,7H,5-6,8,21H2. The number of benzene rings is 2. The number of alkyl halides is 3. The number of nitrogen functional groups attached to an aromatic ring is 1. The van der Waals surface area contributed by atoms with E-state index in [-0.39, 0.29) is 18.8 Å². The molecule has 1 aliphatic rings. The molecule has 2 aromatic carbocycles. The molecule has 0 radical (unpaired) electrons. The average Bonchev–Trinajstić information content (AvgIpc) is 2.55. The number of halogens is 4. The number of hydrogen-bond donors (Lipinski definition) is 1. The first-order valence-corrected chi connectivity index (χ1v) is 7.35. The van der Waals surface area contributed by atoms with Crippen LogP contribution in [0.1, 0.15) is 16.7 Å². The fraction of sp³-hybridized carbons (Fsp3) is 0.250. The largest absolute Gasteiger partial charge is 0.416 e. The van der Waals surface area contributed by atoms with Gasteiger partial charge in [-0.2, -0.15) is 13.2 Å². The van der Waals surface area contributed by atoms with Crippen molar-refractivity contribution < 1.29 is 22.5 Å². The first-order valence-electron chi connectivity index (χ1n) is 7.35. The van der Waals surface area contributed by atoms with Crippen LogP contribution in [0.25, 0.3) is 0 Å². The van der Waals surface area contributed by atoms with Crippen LogP contribution in [0.2, 0.25) is 0 Å². The van der Waals surface area contributed by atoms with E-state index in [0.29, 0.717) is 17.5 Å². The Labute approximate surface area is 139 Å². The lowest BCUT2D eigenvalue weighted by molar-refractivity contribution is -0.384. The molecule has 0 fully saturated rings. The molecule has 2 N–H and O–H groups in total. The highest BCUT2D eigenvalue weighted by molar-refractivity contribution is 5.68. The van der Waals surface area contributed by atoms with Gasteiger partial charge in [-0.15, -0.1) is 0 Å². The summed E-state index contributed by atoms with van der Waals surface area (Å²) in [6.07, 6.45) is -4.11. The molecule has 0 atom stereocenters. The van der Waals surface area contributed by atoms with Crippen LogP contribution in [-0.4, -0.2) is 11.5 Å². The van der Waals surface area contributed by atoms with Crippen LogP contribution in [0.3, 0.4) is 0 Å². The van der Waals surface area contributed by atoms with Gasteiger partial charge in [-0.3, -0.25) is 10.1 Å². The fourth-order valence-electron chi connectivity index (χ4n) is 2.91. The Balaban J connectivity index is 1.91. The van der Waals surface area contributed by atoms with Crippen molar-refractivity contribution in [3.8, 4) is 0 Å². The van der Waals surface area contributed by atoms with Crippen LogP contribution >= 0.6 is 0 Å². The number of anilines is 2. The molecule has 0 spiro atoms. The molecule has 0 unspecified atom stereocenters. The first kappa shape index (κ1) is 17.0. The van der Waals surface area contributed by atoms with Gasteiger partial charge in [0.15, 0.2) is 5.82 Å². The van der Waals surface area contributed by atoms with E-state index in [1.165, 1.54) is 12.1 Å². The summed E-state index contributed by atoms with van der Waals surface area (Å²) in [5.74, 6) is -0.899. The number of fused-ring (bicyclic) bond motifs is 1. The number of hydrogen-bond acceptors (Lipinski definition) is 4. The molecule has 0 saturated carbocycles. The third-order valence-corrected chi connectivity index (χ3v) is 4.22. The number of nitro benzene ring substituents is 1. The van der Waals surface area contributed by atoms with Crippen molar-refractivity contribution >= 4 is 17.1 Å². The van der Waals surface area contributed by atoms with Crippen LogP contribution in [0.5, 0.6) is 0 Å². The second kappa shape index (κ2) is 5.91. The fourth-order valence-corrected chi connectivity index (χ4v) is 2.91. The second-order valence-corrected chi connectivity index (χ2v) is 5.74. The van der Waals surface area contributed by atoms with Gasteiger partial charge in [0.2, 0.25) is 0 Å². The van der Waals surface area contributed by atoms with Crippen molar-refractivity contribution in [2.45, 2.75) is 19.1 Å². The van der Waals surface area contributed by atoms with E-state index in [4.69, 9.17) is 5.73 Å². The minimum Gasteiger partial charge on any atom is -0.391 e. The average molecular weight is 355 g/mol. The Hall–Kier alpha value is -2.84. The molecule has 132 valence electrons. The zero-order chi connectivity index (χ0) is 18.4. The lowest BCUT2D eigenvalue weighted by Gasteiger charge is -2.31. The quantitative estimate of drug-likeness (QED) is 0.384. The van der Waals surface area contributed by atoms with Crippen molar-refractivity contribution in [2.24, 2.45) is 0 Å². The normalized spacial score (nSPS) is 14.3. The van der Waals surface area contributed by atoms with Gasteiger partial charge in [0.25, 0.3) is 5.69 Å². The molecule has 0 aliphatic carbocycles. The molecule has 2 aromatic rings. The van der Waals surface area contributed by atoms with Crippen LogP contribution < -0.4 is 10.6 Å². The molecule has 25 heavy (non-hydrogen) atoms. The Morgan fingerprint density at radius 2 is 1.88 bits per heavy atom. The molecule has 5 nitrogen and oxygen atoms in total. The van der Waals surface area contributed by atoms with E-state index in [9.17, 15) is 27.7 Å². The number of nitro groups is 1. The van der Waals surface area contributed by atoms with Gasteiger partial charge in [0.05, 0.1) is 16.2 Å². The number of nitrogens with two attached hydrogens (primary N) is 1. The molecular formula is C16H13F4N3O2. The van der Waals surface area contributed by atoms with E-state index >= 15 is 0 Å². The summed E-state index contributed by atoms with van der Waals surface area (Å²) in [7, 11) is 0. The number of nitrogens with zero attached hydrogens (tertiary/aromatic N) is 2. The molecule has 1 aliphatic heterocycles. The van der Waals surface area contributed by atoms with Crippen molar-refractivity contribution in [3.05, 3.63) is 63.0 Å². The summed E-state index contributed by atoms with van der Waals surface area (Å²) >= 11 is 0. The van der Waals surface area contributed by atoms with E-state index in [1.54, 1.807) is 4.90 Å². The molecule has 9 heteroatoms. The molecule has 0 aromatic heterocycles. The van der Waals surface area contributed by atoms with Crippen molar-refractivity contribution in [3.63, 3.8) is 0 Å². The van der Waals surface area contributed by atoms with Gasteiger partial charge in [0, 0.05) is 19.2 Å². The van der Waals surface area contributed by atoms with Crippen molar-refractivity contribution in [1.29, 1.82) is 0 Å². The van der Waals surface area contributed by atoms with Crippen LogP contribution in [0, 0.1) is 15.9 Å². The van der Waals surface area contributed by atoms with Gasteiger partial charge >= 0.3 is 6.18 Å².